The summed E-state index contributed by atoms with van der Waals surface area (Å²) in [6.07, 6.45) is 1.42. The van der Waals surface area contributed by atoms with E-state index in [-0.39, 0.29) is 16.5 Å². The molecule has 1 aliphatic heterocycles. The molecule has 0 N–H and O–H groups in total. The SMILES string of the molecule is COc1cccc(N2CCN(C(=O)c3cccnc3SC(F)F)CC2)c1. The average Bonchev–Trinajstić information content (AvgIpc) is 2.67. The zero-order valence-corrected chi connectivity index (χ0v) is 15.1. The van der Waals surface area contributed by atoms with Crippen LogP contribution in [-0.2, 0) is 0 Å². The lowest BCUT2D eigenvalue weighted by Crippen LogP contribution is -2.49. The predicted molar refractivity (Wildman–Crippen MR) is 97.2 cm³/mol. The number of halogens is 2. The van der Waals surface area contributed by atoms with Crippen LogP contribution >= 0.6 is 11.8 Å². The van der Waals surface area contributed by atoms with Crippen molar-refractivity contribution in [3.63, 3.8) is 0 Å². The number of hydrogen-bond donors (Lipinski definition) is 0. The molecule has 1 aliphatic rings. The Labute approximate surface area is 155 Å². The standard InChI is InChI=1S/C18H19F2N3O2S/c1-25-14-5-2-4-13(12-14)22-8-10-23(11-9-22)17(24)15-6-3-7-21-16(15)26-18(19)20/h2-7,12,18H,8-11H2,1H3. The van der Waals surface area contributed by atoms with E-state index in [1.54, 1.807) is 24.1 Å². The van der Waals surface area contributed by atoms with Crippen LogP contribution in [0.5, 0.6) is 5.75 Å². The summed E-state index contributed by atoms with van der Waals surface area (Å²) in [6.45, 7) is 2.36. The number of rotatable bonds is 5. The normalized spacial score (nSPS) is 14.6. The Bertz CT molecular complexity index is 768. The fourth-order valence-electron chi connectivity index (χ4n) is 2.88. The zero-order valence-electron chi connectivity index (χ0n) is 14.3. The monoisotopic (exact) mass is 379 g/mol. The molecule has 0 unspecified atom stereocenters. The van der Waals surface area contributed by atoms with Gasteiger partial charge in [-0.3, -0.25) is 4.79 Å². The fraction of sp³-hybridized carbons (Fsp3) is 0.333. The van der Waals surface area contributed by atoms with E-state index in [0.29, 0.717) is 37.9 Å². The maximum absolute atomic E-state index is 12.7. The minimum atomic E-state index is -2.61. The fourth-order valence-corrected chi connectivity index (χ4v) is 3.45. The molecule has 0 radical (unpaired) electrons. The molecule has 0 atom stereocenters. The van der Waals surface area contributed by atoms with Crippen LogP contribution in [0.3, 0.4) is 0 Å². The van der Waals surface area contributed by atoms with Crippen molar-refractivity contribution in [2.45, 2.75) is 10.8 Å². The maximum Gasteiger partial charge on any atom is 0.290 e. The van der Waals surface area contributed by atoms with Crippen LogP contribution in [0, 0.1) is 0 Å². The van der Waals surface area contributed by atoms with Crippen LogP contribution in [0.4, 0.5) is 14.5 Å². The minimum Gasteiger partial charge on any atom is -0.497 e. The molecular formula is C18H19F2N3O2S. The molecule has 2 heterocycles. The quantitative estimate of drug-likeness (QED) is 0.746. The van der Waals surface area contributed by atoms with Gasteiger partial charge in [-0.05, 0) is 36.0 Å². The maximum atomic E-state index is 12.7. The molecule has 0 saturated carbocycles. The molecule has 1 fully saturated rings. The largest absolute Gasteiger partial charge is 0.497 e. The zero-order chi connectivity index (χ0) is 18.5. The number of pyridine rings is 1. The lowest BCUT2D eigenvalue weighted by atomic mass is 10.2. The first kappa shape index (κ1) is 18.4. The molecule has 3 rings (SSSR count). The number of carbonyl (C=O) groups is 1. The number of methoxy groups -OCH3 is 1. The van der Waals surface area contributed by atoms with Crippen LogP contribution < -0.4 is 9.64 Å². The van der Waals surface area contributed by atoms with Gasteiger partial charge < -0.3 is 14.5 Å². The van der Waals surface area contributed by atoms with Crippen molar-refractivity contribution >= 4 is 23.4 Å². The van der Waals surface area contributed by atoms with Gasteiger partial charge in [-0.15, -0.1) is 0 Å². The second-order valence-electron chi connectivity index (χ2n) is 5.72. The molecule has 1 aromatic heterocycles. The van der Waals surface area contributed by atoms with E-state index in [2.05, 4.69) is 9.88 Å². The van der Waals surface area contributed by atoms with Crippen molar-refractivity contribution < 1.29 is 18.3 Å². The van der Waals surface area contributed by atoms with Crippen LogP contribution in [0.25, 0.3) is 0 Å². The third-order valence-electron chi connectivity index (χ3n) is 4.19. The van der Waals surface area contributed by atoms with Gasteiger partial charge in [0.05, 0.1) is 12.7 Å². The molecule has 5 nitrogen and oxygen atoms in total. The number of aromatic nitrogens is 1. The number of benzene rings is 1. The van der Waals surface area contributed by atoms with Gasteiger partial charge in [0.2, 0.25) is 0 Å². The minimum absolute atomic E-state index is 0.0720. The number of hydrogen-bond acceptors (Lipinski definition) is 5. The Morgan fingerprint density at radius 2 is 1.96 bits per heavy atom. The van der Waals surface area contributed by atoms with Crippen molar-refractivity contribution in [1.29, 1.82) is 0 Å². The van der Waals surface area contributed by atoms with Gasteiger partial charge in [0.1, 0.15) is 10.8 Å². The highest BCUT2D eigenvalue weighted by Crippen LogP contribution is 2.28. The Morgan fingerprint density at radius 3 is 2.65 bits per heavy atom. The van der Waals surface area contributed by atoms with Crippen molar-refractivity contribution in [2.75, 3.05) is 38.2 Å². The number of alkyl halides is 2. The summed E-state index contributed by atoms with van der Waals surface area (Å²) in [7, 11) is 1.62. The predicted octanol–water partition coefficient (Wildman–Crippen LogP) is 3.37. The van der Waals surface area contributed by atoms with Crippen molar-refractivity contribution in [1.82, 2.24) is 9.88 Å². The van der Waals surface area contributed by atoms with E-state index in [9.17, 15) is 13.6 Å². The summed E-state index contributed by atoms with van der Waals surface area (Å²) in [4.78, 5) is 20.5. The molecule has 8 heteroatoms. The highest BCUT2D eigenvalue weighted by Gasteiger charge is 2.25. The Balaban J connectivity index is 1.67. The lowest BCUT2D eigenvalue weighted by Gasteiger charge is -2.36. The number of thioether (sulfide) groups is 1. The average molecular weight is 379 g/mol. The Morgan fingerprint density at radius 1 is 1.19 bits per heavy atom. The van der Waals surface area contributed by atoms with Crippen molar-refractivity contribution in [3.05, 3.63) is 48.2 Å². The van der Waals surface area contributed by atoms with Crippen molar-refractivity contribution in [2.24, 2.45) is 0 Å². The van der Waals surface area contributed by atoms with E-state index >= 15 is 0 Å². The van der Waals surface area contributed by atoms with E-state index in [4.69, 9.17) is 4.74 Å². The second-order valence-corrected chi connectivity index (χ2v) is 6.69. The first-order valence-corrected chi connectivity index (χ1v) is 9.04. The number of amides is 1. The molecule has 26 heavy (non-hydrogen) atoms. The van der Waals surface area contributed by atoms with Gasteiger partial charge in [0.25, 0.3) is 11.7 Å². The Kier molecular flexibility index (Phi) is 5.92. The molecule has 138 valence electrons. The smallest absolute Gasteiger partial charge is 0.290 e. The summed E-state index contributed by atoms with van der Waals surface area (Å²) >= 11 is 0.303. The number of carbonyl (C=O) groups excluding carboxylic acids is 1. The number of ether oxygens (including phenoxy) is 1. The Hall–Kier alpha value is -2.35. The molecule has 0 spiro atoms. The lowest BCUT2D eigenvalue weighted by molar-refractivity contribution is 0.0742. The molecular weight excluding hydrogens is 360 g/mol. The molecule has 1 amide bonds. The van der Waals surface area contributed by atoms with Crippen LogP contribution in [0.1, 0.15) is 10.4 Å². The first-order valence-electron chi connectivity index (χ1n) is 8.16. The summed E-state index contributed by atoms with van der Waals surface area (Å²) in [5.41, 5.74) is 1.26. The third kappa shape index (κ3) is 4.24. The van der Waals surface area contributed by atoms with Crippen LogP contribution in [0.15, 0.2) is 47.6 Å². The molecule has 0 bridgehead atoms. The summed E-state index contributed by atoms with van der Waals surface area (Å²) < 4.78 is 30.6. The highest BCUT2D eigenvalue weighted by molar-refractivity contribution is 7.99. The number of anilines is 1. The van der Waals surface area contributed by atoms with E-state index in [1.807, 2.05) is 24.3 Å². The van der Waals surface area contributed by atoms with Crippen LogP contribution in [-0.4, -0.2) is 54.8 Å². The van der Waals surface area contributed by atoms with Crippen LogP contribution in [0.2, 0.25) is 0 Å². The van der Waals surface area contributed by atoms with Gasteiger partial charge in [0.15, 0.2) is 0 Å². The summed E-state index contributed by atoms with van der Waals surface area (Å²) in [5, 5.41) is 0.0720. The second kappa shape index (κ2) is 8.35. The molecule has 1 aromatic carbocycles. The molecule has 1 saturated heterocycles. The summed E-state index contributed by atoms with van der Waals surface area (Å²) in [5.74, 6) is -2.09. The van der Waals surface area contributed by atoms with E-state index in [1.165, 1.54) is 6.20 Å². The van der Waals surface area contributed by atoms with Crippen molar-refractivity contribution in [3.8, 4) is 5.75 Å². The molecule has 0 aliphatic carbocycles. The van der Waals surface area contributed by atoms with Gasteiger partial charge in [-0.1, -0.05) is 6.07 Å². The van der Waals surface area contributed by atoms with Gasteiger partial charge in [-0.25, -0.2) is 4.98 Å². The van der Waals surface area contributed by atoms with Gasteiger partial charge >= 0.3 is 0 Å². The number of nitrogens with zero attached hydrogens (tertiary/aromatic N) is 3. The molecule has 2 aromatic rings. The van der Waals surface area contributed by atoms with Gasteiger partial charge in [-0.2, -0.15) is 8.78 Å². The third-order valence-corrected chi connectivity index (χ3v) is 4.91. The van der Waals surface area contributed by atoms with E-state index < -0.39 is 5.76 Å². The summed E-state index contributed by atoms with van der Waals surface area (Å²) in [6, 6.07) is 10.9. The first-order chi connectivity index (χ1) is 12.6. The topological polar surface area (TPSA) is 45.7 Å². The van der Waals surface area contributed by atoms with E-state index in [0.717, 1.165) is 11.4 Å². The highest BCUT2D eigenvalue weighted by atomic mass is 32.2. The van der Waals surface area contributed by atoms with Gasteiger partial charge in [0, 0.05) is 44.1 Å². The number of piperazine rings is 1.